The van der Waals surface area contributed by atoms with Gasteiger partial charge in [0.25, 0.3) is 0 Å². The smallest absolute Gasteiger partial charge is 0.325 e. The monoisotopic (exact) mass is 279 g/mol. The molecule has 0 radical (unpaired) electrons. The Kier molecular flexibility index (Phi) is 4.79. The van der Waals surface area contributed by atoms with Gasteiger partial charge in [-0.2, -0.15) is 0 Å². The van der Waals surface area contributed by atoms with E-state index in [1.165, 1.54) is 20.0 Å². The fourth-order valence-electron chi connectivity index (χ4n) is 1.43. The fraction of sp³-hybridized carbons (Fsp3) is 0.385. The molecule has 1 heterocycles. The molecule has 3 amide bonds. The Morgan fingerprint density at radius 3 is 2.50 bits per heavy atom. The number of aryl methyl sites for hydroxylation is 1. The van der Waals surface area contributed by atoms with Crippen LogP contribution >= 0.6 is 0 Å². The molecule has 0 saturated heterocycles. The lowest BCUT2D eigenvalue weighted by Gasteiger charge is -2.17. The number of pyridine rings is 1. The normalized spacial score (nSPS) is 10.8. The molecule has 0 aromatic carbocycles. The lowest BCUT2D eigenvalue weighted by atomic mass is 9.89. The quantitative estimate of drug-likeness (QED) is 0.774. The summed E-state index contributed by atoms with van der Waals surface area (Å²) in [6.45, 7) is 4.64. The van der Waals surface area contributed by atoms with E-state index in [4.69, 9.17) is 5.11 Å². The number of carbonyl (C=O) groups is 3. The maximum absolute atomic E-state index is 11.6. The minimum absolute atomic E-state index is 0.290. The number of nitrogens with one attached hydrogen (secondary N) is 2. The molecule has 0 saturated carbocycles. The highest BCUT2D eigenvalue weighted by Gasteiger charge is 2.30. The standard InChI is InChI=1S/C13H17N3O4/c1-8-4-9(7-14-6-8)15-12(20)16-10(17)5-13(2,3)11(18)19/h4,6-7H,5H2,1-3H3,(H,18,19)(H2,15,16,17,20). The molecule has 0 bridgehead atoms. The zero-order valence-corrected chi connectivity index (χ0v) is 11.6. The van der Waals surface area contributed by atoms with Crippen LogP contribution in [0.5, 0.6) is 0 Å². The van der Waals surface area contributed by atoms with Crippen LogP contribution in [-0.4, -0.2) is 28.0 Å². The molecule has 0 aliphatic heterocycles. The number of aromatic nitrogens is 1. The predicted octanol–water partition coefficient (Wildman–Crippen LogP) is 1.54. The molecular formula is C13H17N3O4. The summed E-state index contributed by atoms with van der Waals surface area (Å²) in [5, 5.41) is 13.4. The number of anilines is 1. The topological polar surface area (TPSA) is 108 Å². The minimum Gasteiger partial charge on any atom is -0.481 e. The Balaban J connectivity index is 2.55. The third-order valence-electron chi connectivity index (χ3n) is 2.57. The summed E-state index contributed by atoms with van der Waals surface area (Å²) in [6.07, 6.45) is 2.78. The van der Waals surface area contributed by atoms with E-state index in [-0.39, 0.29) is 6.42 Å². The summed E-state index contributed by atoms with van der Waals surface area (Å²) in [4.78, 5) is 37.9. The lowest BCUT2D eigenvalue weighted by molar-refractivity contribution is -0.149. The van der Waals surface area contributed by atoms with Gasteiger partial charge >= 0.3 is 12.0 Å². The van der Waals surface area contributed by atoms with Crippen LogP contribution in [0, 0.1) is 12.3 Å². The van der Waals surface area contributed by atoms with Crippen LogP contribution < -0.4 is 10.6 Å². The number of hydrogen-bond donors (Lipinski definition) is 3. The average molecular weight is 279 g/mol. The first kappa shape index (κ1) is 15.6. The van der Waals surface area contributed by atoms with Crippen LogP contribution in [0.25, 0.3) is 0 Å². The highest BCUT2D eigenvalue weighted by atomic mass is 16.4. The van der Waals surface area contributed by atoms with Gasteiger partial charge in [0.05, 0.1) is 17.3 Å². The lowest BCUT2D eigenvalue weighted by Crippen LogP contribution is -2.38. The van der Waals surface area contributed by atoms with Gasteiger partial charge in [-0.15, -0.1) is 0 Å². The molecule has 0 aliphatic rings. The zero-order chi connectivity index (χ0) is 15.3. The van der Waals surface area contributed by atoms with E-state index in [0.717, 1.165) is 5.56 Å². The second-order valence-electron chi connectivity index (χ2n) is 5.12. The van der Waals surface area contributed by atoms with E-state index >= 15 is 0 Å². The van der Waals surface area contributed by atoms with Crippen molar-refractivity contribution in [2.24, 2.45) is 5.41 Å². The molecule has 0 aliphatic carbocycles. The van der Waals surface area contributed by atoms with E-state index < -0.39 is 23.3 Å². The van der Waals surface area contributed by atoms with Crippen molar-refractivity contribution in [1.82, 2.24) is 10.3 Å². The van der Waals surface area contributed by atoms with E-state index in [0.29, 0.717) is 5.69 Å². The Morgan fingerprint density at radius 2 is 1.95 bits per heavy atom. The van der Waals surface area contributed by atoms with Gasteiger partial charge in [-0.05, 0) is 32.4 Å². The average Bonchev–Trinajstić information content (AvgIpc) is 2.26. The SMILES string of the molecule is Cc1cncc(NC(=O)NC(=O)CC(C)(C)C(=O)O)c1. The second-order valence-corrected chi connectivity index (χ2v) is 5.12. The highest BCUT2D eigenvalue weighted by molar-refractivity contribution is 6.02. The predicted molar refractivity (Wildman–Crippen MR) is 72.2 cm³/mol. The number of nitrogens with zero attached hydrogens (tertiary/aromatic N) is 1. The molecular weight excluding hydrogens is 262 g/mol. The first-order valence-corrected chi connectivity index (χ1v) is 5.96. The summed E-state index contributed by atoms with van der Waals surface area (Å²) in [6, 6.07) is 0.974. The first-order valence-electron chi connectivity index (χ1n) is 5.96. The van der Waals surface area contributed by atoms with Crippen LogP contribution in [0.3, 0.4) is 0 Å². The van der Waals surface area contributed by atoms with Crippen LogP contribution in [0.2, 0.25) is 0 Å². The van der Waals surface area contributed by atoms with E-state index in [2.05, 4.69) is 15.6 Å². The maximum atomic E-state index is 11.6. The highest BCUT2D eigenvalue weighted by Crippen LogP contribution is 2.20. The second kappa shape index (κ2) is 6.14. The Morgan fingerprint density at radius 1 is 1.30 bits per heavy atom. The van der Waals surface area contributed by atoms with Crippen LogP contribution in [0.15, 0.2) is 18.5 Å². The summed E-state index contributed by atoms with van der Waals surface area (Å²) >= 11 is 0. The van der Waals surface area contributed by atoms with E-state index in [1.54, 1.807) is 12.3 Å². The molecule has 0 atom stereocenters. The van der Waals surface area contributed by atoms with Crippen LogP contribution in [-0.2, 0) is 9.59 Å². The van der Waals surface area contributed by atoms with Gasteiger partial charge in [-0.25, -0.2) is 4.79 Å². The van der Waals surface area contributed by atoms with Gasteiger partial charge in [0, 0.05) is 12.6 Å². The van der Waals surface area contributed by atoms with Gasteiger partial charge in [0.2, 0.25) is 5.91 Å². The summed E-state index contributed by atoms with van der Waals surface area (Å²) in [7, 11) is 0. The Bertz CT molecular complexity index is 540. The molecule has 0 unspecified atom stereocenters. The van der Waals surface area contributed by atoms with Crippen molar-refractivity contribution in [3.8, 4) is 0 Å². The van der Waals surface area contributed by atoms with E-state index in [9.17, 15) is 14.4 Å². The maximum Gasteiger partial charge on any atom is 0.325 e. The molecule has 108 valence electrons. The number of aliphatic carboxylic acids is 1. The molecule has 0 fully saturated rings. The van der Waals surface area contributed by atoms with Gasteiger partial charge < -0.3 is 10.4 Å². The number of hydrogen-bond acceptors (Lipinski definition) is 4. The number of carboxylic acids is 1. The van der Waals surface area contributed by atoms with Gasteiger partial charge in [0.1, 0.15) is 0 Å². The van der Waals surface area contributed by atoms with Crippen molar-refractivity contribution in [1.29, 1.82) is 0 Å². The van der Waals surface area contributed by atoms with Gasteiger partial charge in [-0.3, -0.25) is 19.9 Å². The number of imide groups is 1. The molecule has 3 N–H and O–H groups in total. The molecule has 0 spiro atoms. The van der Waals surface area contributed by atoms with Gasteiger partial charge in [-0.1, -0.05) is 0 Å². The largest absolute Gasteiger partial charge is 0.481 e. The summed E-state index contributed by atoms with van der Waals surface area (Å²) in [5.41, 5.74) is 0.0869. The minimum atomic E-state index is -1.23. The van der Waals surface area contributed by atoms with Crippen molar-refractivity contribution >= 4 is 23.6 Å². The molecule has 1 rings (SSSR count). The van der Waals surface area contributed by atoms with E-state index in [1.807, 2.05) is 6.92 Å². The molecule has 1 aromatic heterocycles. The Hall–Kier alpha value is -2.44. The Labute approximate surface area is 116 Å². The third kappa shape index (κ3) is 4.68. The van der Waals surface area contributed by atoms with Crippen molar-refractivity contribution in [2.75, 3.05) is 5.32 Å². The summed E-state index contributed by atoms with van der Waals surface area (Å²) < 4.78 is 0. The molecule has 7 nitrogen and oxygen atoms in total. The first-order chi connectivity index (χ1) is 9.20. The van der Waals surface area contributed by atoms with Crippen molar-refractivity contribution in [2.45, 2.75) is 27.2 Å². The number of amides is 3. The number of carboxylic acid groups (broad SMARTS) is 1. The van der Waals surface area contributed by atoms with Crippen molar-refractivity contribution in [3.63, 3.8) is 0 Å². The van der Waals surface area contributed by atoms with Crippen LogP contribution in [0.1, 0.15) is 25.8 Å². The molecule has 20 heavy (non-hydrogen) atoms. The third-order valence-corrected chi connectivity index (χ3v) is 2.57. The zero-order valence-electron chi connectivity index (χ0n) is 11.6. The molecule has 7 heteroatoms. The number of rotatable bonds is 4. The van der Waals surface area contributed by atoms with Crippen molar-refractivity contribution in [3.05, 3.63) is 24.0 Å². The summed E-state index contributed by atoms with van der Waals surface area (Å²) in [5.74, 6) is -1.76. The van der Waals surface area contributed by atoms with Crippen molar-refractivity contribution < 1.29 is 19.5 Å². The van der Waals surface area contributed by atoms with Crippen LogP contribution in [0.4, 0.5) is 10.5 Å². The molecule has 1 aromatic rings. The fourth-order valence-corrected chi connectivity index (χ4v) is 1.43. The number of urea groups is 1. The van der Waals surface area contributed by atoms with Gasteiger partial charge in [0.15, 0.2) is 0 Å². The number of carbonyl (C=O) groups excluding carboxylic acids is 2.